The molecule has 0 spiro atoms. The molecule has 2 N–H and O–H groups in total. The van der Waals surface area contributed by atoms with Gasteiger partial charge in [-0.3, -0.25) is 0 Å². The Morgan fingerprint density at radius 3 is 1.59 bits per heavy atom. The van der Waals surface area contributed by atoms with Gasteiger partial charge in [0.1, 0.15) is 6.10 Å². The summed E-state index contributed by atoms with van der Waals surface area (Å²) in [5.74, 6) is 0. The van der Waals surface area contributed by atoms with Crippen molar-refractivity contribution in [3.63, 3.8) is 0 Å². The summed E-state index contributed by atoms with van der Waals surface area (Å²) >= 11 is 0. The predicted molar refractivity (Wildman–Crippen MR) is 99.7 cm³/mol. The zero-order valence-electron chi connectivity index (χ0n) is 10.1. The van der Waals surface area contributed by atoms with Gasteiger partial charge in [0.25, 0.3) is 0 Å². The number of hydrogen-bond acceptors (Lipinski definition) is 6. The molecule has 0 rings (SSSR count). The third-order valence-corrected chi connectivity index (χ3v) is 1.80. The minimum atomic E-state index is -0.115. The van der Waals surface area contributed by atoms with E-state index < -0.39 is 0 Å². The minimum Gasteiger partial charge on any atom is -0.382 e. The summed E-state index contributed by atoms with van der Waals surface area (Å²) < 4.78 is 25.7. The molecular formula is C16H47NO5. The summed E-state index contributed by atoms with van der Waals surface area (Å²) in [6.07, 6.45) is -0.115. The van der Waals surface area contributed by atoms with Gasteiger partial charge >= 0.3 is 0 Å². The highest BCUT2D eigenvalue weighted by molar-refractivity contribution is 4.55. The maximum absolute atomic E-state index is 5.49. The first-order valence-corrected chi connectivity index (χ1v) is 5.30. The van der Waals surface area contributed by atoms with Gasteiger partial charge in [-0.15, -0.1) is 0 Å². The molecule has 0 radical (unpaired) electrons. The van der Waals surface area contributed by atoms with Crippen molar-refractivity contribution in [1.29, 1.82) is 0 Å². The normalized spacial score (nSPS) is 9.41. The molecule has 0 heterocycles. The van der Waals surface area contributed by atoms with E-state index in [9.17, 15) is 0 Å². The summed E-state index contributed by atoms with van der Waals surface area (Å²) in [7, 11) is 3.26. The van der Waals surface area contributed by atoms with Crippen LogP contribution >= 0.6 is 0 Å². The second kappa shape index (κ2) is 37.2. The van der Waals surface area contributed by atoms with Gasteiger partial charge in [0, 0.05) is 14.2 Å². The van der Waals surface area contributed by atoms with Crippen LogP contribution in [0.5, 0.6) is 0 Å². The Morgan fingerprint density at radius 1 is 0.682 bits per heavy atom. The molecule has 22 heavy (non-hydrogen) atoms. The van der Waals surface area contributed by atoms with Crippen molar-refractivity contribution in [2.75, 3.05) is 60.6 Å². The van der Waals surface area contributed by atoms with Crippen molar-refractivity contribution in [2.24, 2.45) is 5.73 Å². The Hall–Kier alpha value is -0.240. The van der Waals surface area contributed by atoms with Gasteiger partial charge in [0.2, 0.25) is 0 Å². The smallest absolute Gasteiger partial charge is 0.104 e. The molecule has 0 aromatic rings. The zero-order valence-corrected chi connectivity index (χ0v) is 10.1. The maximum Gasteiger partial charge on any atom is 0.104 e. The Morgan fingerprint density at radius 2 is 1.14 bits per heavy atom. The van der Waals surface area contributed by atoms with Gasteiger partial charge in [-0.25, -0.2) is 0 Å². The Balaban J connectivity index is -0.0000000750. The largest absolute Gasteiger partial charge is 0.382 e. The Bertz CT molecular complexity index is 140. The van der Waals surface area contributed by atoms with Gasteiger partial charge in [-0.1, -0.05) is 44.6 Å². The van der Waals surface area contributed by atoms with Crippen LogP contribution in [0.4, 0.5) is 0 Å². The first kappa shape index (κ1) is 43.0. The lowest BCUT2D eigenvalue weighted by Crippen LogP contribution is -2.29. The molecule has 0 fully saturated rings. The third kappa shape index (κ3) is 31.9. The van der Waals surface area contributed by atoms with E-state index in [2.05, 4.69) is 0 Å². The van der Waals surface area contributed by atoms with Gasteiger partial charge < -0.3 is 29.4 Å². The van der Waals surface area contributed by atoms with Crippen molar-refractivity contribution in [2.45, 2.75) is 50.7 Å². The maximum atomic E-state index is 5.49. The monoisotopic (exact) mass is 333 g/mol. The van der Waals surface area contributed by atoms with Crippen LogP contribution in [0.1, 0.15) is 44.6 Å². The average molecular weight is 334 g/mol. The summed E-state index contributed by atoms with van der Waals surface area (Å²) in [6.45, 7) is 3.26. The van der Waals surface area contributed by atoms with Crippen molar-refractivity contribution in [1.82, 2.24) is 0 Å². The third-order valence-electron chi connectivity index (χ3n) is 1.80. The van der Waals surface area contributed by atoms with E-state index >= 15 is 0 Å². The average Bonchev–Trinajstić information content (AvgIpc) is 2.31. The van der Waals surface area contributed by atoms with Crippen LogP contribution in [0.3, 0.4) is 0 Å². The summed E-state index contributed by atoms with van der Waals surface area (Å²) in [4.78, 5) is 0. The van der Waals surface area contributed by atoms with Crippen LogP contribution in [0, 0.1) is 0 Å². The fraction of sp³-hybridized carbons (Fsp3) is 1.00. The highest BCUT2D eigenvalue weighted by Crippen LogP contribution is 1.95. The van der Waals surface area contributed by atoms with E-state index in [1.807, 2.05) is 0 Å². The number of rotatable bonds is 12. The fourth-order valence-electron chi connectivity index (χ4n) is 0.999. The molecule has 0 bridgehead atoms. The number of ether oxygens (including phenoxy) is 5. The number of nitrogens with two attached hydrogens (primary N) is 1. The van der Waals surface area contributed by atoms with Crippen molar-refractivity contribution in [3.05, 3.63) is 0 Å². The molecule has 0 amide bonds. The van der Waals surface area contributed by atoms with E-state index in [1.54, 1.807) is 14.2 Å². The lowest BCUT2D eigenvalue weighted by Gasteiger charge is -2.17. The van der Waals surface area contributed by atoms with E-state index in [0.717, 1.165) is 0 Å². The van der Waals surface area contributed by atoms with Crippen LogP contribution in [-0.2, 0) is 23.7 Å². The van der Waals surface area contributed by atoms with Crippen LogP contribution < -0.4 is 5.73 Å². The molecule has 0 aromatic carbocycles. The Labute approximate surface area is 141 Å². The quantitative estimate of drug-likeness (QED) is 0.436. The number of methoxy groups -OCH3 is 2. The van der Waals surface area contributed by atoms with E-state index in [4.69, 9.17) is 29.4 Å². The summed E-state index contributed by atoms with van der Waals surface area (Å²) in [5.41, 5.74) is 5.24. The van der Waals surface area contributed by atoms with Gasteiger partial charge in [-0.2, -0.15) is 0 Å². The molecule has 0 aliphatic rings. The van der Waals surface area contributed by atoms with Crippen LogP contribution in [0.15, 0.2) is 0 Å². The van der Waals surface area contributed by atoms with Crippen LogP contribution in [-0.4, -0.2) is 66.7 Å². The molecule has 0 saturated carbocycles. The van der Waals surface area contributed by atoms with Gasteiger partial charge in [-0.05, 0) is 0 Å². The molecule has 1 atom stereocenters. The van der Waals surface area contributed by atoms with Gasteiger partial charge in [0.05, 0.1) is 46.4 Å². The summed E-state index contributed by atoms with van der Waals surface area (Å²) in [5, 5.41) is 0. The van der Waals surface area contributed by atoms with Gasteiger partial charge in [0.15, 0.2) is 0 Å². The lowest BCUT2D eigenvalue weighted by molar-refractivity contribution is -0.0736. The Kier molecular flexibility index (Phi) is 72.8. The minimum absolute atomic E-state index is 0. The van der Waals surface area contributed by atoms with E-state index in [1.165, 1.54) is 0 Å². The highest BCUT2D eigenvalue weighted by Gasteiger charge is 2.09. The SMILES string of the molecule is C.C.C.C.C.C.COCCOCC(COCN)OCCOC. The van der Waals surface area contributed by atoms with Crippen molar-refractivity contribution in [3.8, 4) is 0 Å². The summed E-state index contributed by atoms with van der Waals surface area (Å²) in [6, 6.07) is 0. The first-order chi connectivity index (χ1) is 7.85. The fourth-order valence-corrected chi connectivity index (χ4v) is 0.999. The van der Waals surface area contributed by atoms with E-state index in [0.29, 0.717) is 39.6 Å². The van der Waals surface area contributed by atoms with Crippen molar-refractivity contribution >= 4 is 0 Å². The number of hydrogen-bond donors (Lipinski definition) is 1. The predicted octanol–water partition coefficient (Wildman–Crippen LogP) is 3.43. The van der Waals surface area contributed by atoms with Crippen molar-refractivity contribution < 1.29 is 23.7 Å². The highest BCUT2D eigenvalue weighted by atomic mass is 16.6. The molecule has 0 aliphatic carbocycles. The lowest BCUT2D eigenvalue weighted by atomic mass is 10.4. The molecule has 6 nitrogen and oxygen atoms in total. The molecular weight excluding hydrogens is 286 g/mol. The zero-order chi connectivity index (χ0) is 12.1. The molecule has 146 valence electrons. The second-order valence-electron chi connectivity index (χ2n) is 3.09. The molecule has 0 aliphatic heterocycles. The van der Waals surface area contributed by atoms with Crippen LogP contribution in [0.2, 0.25) is 0 Å². The molecule has 1 unspecified atom stereocenters. The molecule has 0 aromatic heterocycles. The standard InChI is InChI=1S/C10H23NO5.6CH4/c1-12-3-5-14-7-10(8-15-9-11)16-6-4-13-2;;;;;;/h10H,3-9,11H2,1-2H3;6*1H4. The second-order valence-corrected chi connectivity index (χ2v) is 3.09. The first-order valence-electron chi connectivity index (χ1n) is 5.30. The molecule has 6 heteroatoms. The molecule has 0 saturated heterocycles. The van der Waals surface area contributed by atoms with E-state index in [-0.39, 0.29) is 57.4 Å². The van der Waals surface area contributed by atoms with Crippen LogP contribution in [0.25, 0.3) is 0 Å². The topological polar surface area (TPSA) is 72.2 Å².